The Morgan fingerprint density at radius 3 is 1.97 bits per heavy atom. The number of benzene rings is 3. The Kier molecular flexibility index (Phi) is 7.74. The second-order valence-corrected chi connectivity index (χ2v) is 13.0. The van der Waals surface area contributed by atoms with Crippen LogP contribution in [-0.4, -0.2) is 27.2 Å². The largest absolute Gasteiger partial charge is 0.379 e. The molecule has 3 aromatic carbocycles. The summed E-state index contributed by atoms with van der Waals surface area (Å²) in [5.41, 5.74) is 1.48. The van der Waals surface area contributed by atoms with Crippen LogP contribution in [0.25, 0.3) is 0 Å². The first-order valence-electron chi connectivity index (χ1n) is 11.1. The fourth-order valence-electron chi connectivity index (χ4n) is 3.46. The Hall–Kier alpha value is -2.75. The van der Waals surface area contributed by atoms with Gasteiger partial charge < -0.3 is 4.18 Å². The van der Waals surface area contributed by atoms with Crippen molar-refractivity contribution in [3.05, 3.63) is 89.7 Å². The van der Waals surface area contributed by atoms with E-state index in [1.165, 1.54) is 16.4 Å². The van der Waals surface area contributed by atoms with E-state index in [0.717, 1.165) is 29.8 Å². The molecular weight excluding hydrogens is 489 g/mol. The van der Waals surface area contributed by atoms with Gasteiger partial charge in [0.15, 0.2) is 0 Å². The van der Waals surface area contributed by atoms with Gasteiger partial charge in [0.2, 0.25) is 10.0 Å². The molecule has 3 rings (SSSR count). The Bertz CT molecular complexity index is 1380. The Balaban J connectivity index is 1.86. The first kappa shape index (κ1) is 26.8. The van der Waals surface area contributed by atoms with Crippen molar-refractivity contribution in [2.75, 3.05) is 0 Å². The molecule has 0 aromatic heterocycles. The van der Waals surface area contributed by atoms with Gasteiger partial charge in [-0.05, 0) is 78.9 Å². The molecule has 0 saturated heterocycles. The minimum Gasteiger partial charge on any atom is -0.379 e. The minimum atomic E-state index is -4.18. The molecule has 0 heterocycles. The number of sulfonamides is 1. The maximum Gasteiger partial charge on any atom is 0.339 e. The molecule has 3 aromatic rings. The van der Waals surface area contributed by atoms with Crippen LogP contribution in [0.3, 0.4) is 0 Å². The second kappa shape index (κ2) is 10.1. The van der Waals surface area contributed by atoms with Crippen molar-refractivity contribution < 1.29 is 25.4 Å². The van der Waals surface area contributed by atoms with Crippen molar-refractivity contribution >= 4 is 20.1 Å². The second-order valence-electron chi connectivity index (χ2n) is 9.56. The predicted octanol–water partition coefficient (Wildman–Crippen LogP) is 5.49. The van der Waals surface area contributed by atoms with Crippen molar-refractivity contribution in [1.82, 2.24) is 4.31 Å². The SMILES string of the molecule is CC(C)N(Cc1cccc(OS(=O)(=O)c2ccc(F)cc2)c1)S(=O)(=O)c1ccc(C(C)(C)C)cc1. The van der Waals surface area contributed by atoms with E-state index in [9.17, 15) is 21.2 Å². The topological polar surface area (TPSA) is 80.8 Å². The maximum atomic E-state index is 13.4. The fourth-order valence-corrected chi connectivity index (χ4v) is 6.01. The third-order valence-electron chi connectivity index (χ3n) is 5.45. The lowest BCUT2D eigenvalue weighted by Gasteiger charge is -2.27. The average molecular weight is 520 g/mol. The smallest absolute Gasteiger partial charge is 0.339 e. The summed E-state index contributed by atoms with van der Waals surface area (Å²) in [6.45, 7) is 9.75. The van der Waals surface area contributed by atoms with E-state index in [-0.39, 0.29) is 33.5 Å². The summed E-state index contributed by atoms with van der Waals surface area (Å²) in [5, 5.41) is 0. The molecule has 0 amide bonds. The third kappa shape index (κ3) is 6.48. The number of hydrogen-bond acceptors (Lipinski definition) is 5. The predicted molar refractivity (Wildman–Crippen MR) is 134 cm³/mol. The summed E-state index contributed by atoms with van der Waals surface area (Å²) < 4.78 is 71.7. The molecule has 6 nitrogen and oxygen atoms in total. The zero-order valence-corrected chi connectivity index (χ0v) is 22.0. The molecule has 0 atom stereocenters. The van der Waals surface area contributed by atoms with E-state index in [1.54, 1.807) is 38.1 Å². The van der Waals surface area contributed by atoms with Gasteiger partial charge in [-0.3, -0.25) is 0 Å². The summed E-state index contributed by atoms with van der Waals surface area (Å²) in [7, 11) is -7.99. The van der Waals surface area contributed by atoms with Crippen molar-refractivity contribution in [2.24, 2.45) is 0 Å². The summed E-state index contributed by atoms with van der Waals surface area (Å²) >= 11 is 0. The molecule has 0 radical (unpaired) electrons. The van der Waals surface area contributed by atoms with Crippen LogP contribution in [0.2, 0.25) is 0 Å². The van der Waals surface area contributed by atoms with Crippen LogP contribution in [0.5, 0.6) is 5.75 Å². The van der Waals surface area contributed by atoms with Gasteiger partial charge in [0.05, 0.1) is 4.90 Å². The molecule has 0 fully saturated rings. The molecule has 0 aliphatic heterocycles. The highest BCUT2D eigenvalue weighted by molar-refractivity contribution is 7.89. The molecule has 188 valence electrons. The van der Waals surface area contributed by atoms with Crippen LogP contribution >= 0.6 is 0 Å². The lowest BCUT2D eigenvalue weighted by Crippen LogP contribution is -2.36. The van der Waals surface area contributed by atoms with E-state index in [2.05, 4.69) is 20.8 Å². The van der Waals surface area contributed by atoms with Crippen molar-refractivity contribution in [3.8, 4) is 5.75 Å². The minimum absolute atomic E-state index is 0.0226. The number of hydrogen-bond donors (Lipinski definition) is 0. The quantitative estimate of drug-likeness (QED) is 0.368. The van der Waals surface area contributed by atoms with Gasteiger partial charge in [-0.25, -0.2) is 12.8 Å². The normalized spacial score (nSPS) is 12.8. The van der Waals surface area contributed by atoms with Gasteiger partial charge in [0.1, 0.15) is 16.5 Å². The average Bonchev–Trinajstić information content (AvgIpc) is 2.77. The molecule has 0 aliphatic rings. The molecule has 0 unspecified atom stereocenters. The summed E-state index contributed by atoms with van der Waals surface area (Å²) in [4.78, 5) is -0.000108. The van der Waals surface area contributed by atoms with Gasteiger partial charge in [-0.2, -0.15) is 12.7 Å². The first-order chi connectivity index (χ1) is 16.2. The van der Waals surface area contributed by atoms with Gasteiger partial charge in [-0.1, -0.05) is 45.0 Å². The highest BCUT2D eigenvalue weighted by Gasteiger charge is 2.28. The third-order valence-corrected chi connectivity index (χ3v) is 8.75. The van der Waals surface area contributed by atoms with Crippen molar-refractivity contribution in [1.29, 1.82) is 0 Å². The van der Waals surface area contributed by atoms with Crippen LogP contribution in [0.4, 0.5) is 4.39 Å². The first-order valence-corrected chi connectivity index (χ1v) is 14.0. The van der Waals surface area contributed by atoms with Crippen LogP contribution < -0.4 is 4.18 Å². The Morgan fingerprint density at radius 2 is 1.43 bits per heavy atom. The van der Waals surface area contributed by atoms with E-state index in [0.29, 0.717) is 5.56 Å². The van der Waals surface area contributed by atoms with Crippen LogP contribution in [0, 0.1) is 5.82 Å². The molecule has 0 aliphatic carbocycles. The number of nitrogens with zero attached hydrogens (tertiary/aromatic N) is 1. The molecule has 0 bridgehead atoms. The molecule has 9 heteroatoms. The monoisotopic (exact) mass is 519 g/mol. The van der Waals surface area contributed by atoms with Gasteiger partial charge in [-0.15, -0.1) is 0 Å². The molecule has 0 saturated carbocycles. The molecule has 0 spiro atoms. The van der Waals surface area contributed by atoms with Crippen LogP contribution in [-0.2, 0) is 32.1 Å². The Labute approximate surface area is 207 Å². The number of halogens is 1. The lowest BCUT2D eigenvalue weighted by atomic mass is 9.87. The van der Waals surface area contributed by atoms with Crippen molar-refractivity contribution in [2.45, 2.75) is 62.4 Å². The standard InChI is InChI=1S/C26H30FNO5S2/c1-19(2)28(34(29,30)24-13-9-21(10-14-24)26(3,4)5)18-20-7-6-8-23(17-20)33-35(31,32)25-15-11-22(27)12-16-25/h6-17,19H,18H2,1-5H3. The number of rotatable bonds is 8. The highest BCUT2D eigenvalue weighted by atomic mass is 32.2. The van der Waals surface area contributed by atoms with E-state index in [4.69, 9.17) is 4.18 Å². The lowest BCUT2D eigenvalue weighted by molar-refractivity contribution is 0.347. The summed E-state index contributed by atoms with van der Waals surface area (Å²) in [5.74, 6) is -0.531. The Morgan fingerprint density at radius 1 is 0.857 bits per heavy atom. The zero-order valence-electron chi connectivity index (χ0n) is 20.4. The van der Waals surface area contributed by atoms with E-state index in [1.807, 2.05) is 12.1 Å². The van der Waals surface area contributed by atoms with Gasteiger partial charge in [0.25, 0.3) is 0 Å². The van der Waals surface area contributed by atoms with Gasteiger partial charge in [0, 0.05) is 12.6 Å². The van der Waals surface area contributed by atoms with E-state index < -0.39 is 26.0 Å². The zero-order chi connectivity index (χ0) is 26.0. The van der Waals surface area contributed by atoms with Crippen LogP contribution in [0.1, 0.15) is 45.7 Å². The van der Waals surface area contributed by atoms with Gasteiger partial charge >= 0.3 is 10.1 Å². The maximum absolute atomic E-state index is 13.4. The summed E-state index contributed by atoms with van der Waals surface area (Å²) in [6, 6.07) is 17.0. The highest BCUT2D eigenvalue weighted by Crippen LogP contribution is 2.27. The van der Waals surface area contributed by atoms with Crippen LogP contribution in [0.15, 0.2) is 82.6 Å². The summed E-state index contributed by atoms with van der Waals surface area (Å²) in [6.07, 6.45) is 0. The fraction of sp³-hybridized carbons (Fsp3) is 0.308. The molecular formula is C26H30FNO5S2. The molecule has 0 N–H and O–H groups in total. The molecule has 35 heavy (non-hydrogen) atoms. The van der Waals surface area contributed by atoms with Crippen molar-refractivity contribution in [3.63, 3.8) is 0 Å². The van der Waals surface area contributed by atoms with E-state index >= 15 is 0 Å².